The second-order valence-electron chi connectivity index (χ2n) is 5.77. The number of hydrogen-bond acceptors (Lipinski definition) is 2. The quantitative estimate of drug-likeness (QED) is 0.472. The molecule has 3 aliphatic carbocycles. The van der Waals surface area contributed by atoms with Crippen LogP contribution < -0.4 is 0 Å². The summed E-state index contributed by atoms with van der Waals surface area (Å²) in [6, 6.07) is 4.28. The Kier molecular flexibility index (Phi) is 2.96. The van der Waals surface area contributed by atoms with Crippen molar-refractivity contribution in [3.05, 3.63) is 22.3 Å². The Bertz CT molecular complexity index is 494. The Hall–Kier alpha value is -1.54. The molecule has 0 N–H and O–H groups in total. The number of fused-ring (bicyclic) bond motifs is 3. The maximum atomic E-state index is 9.18. The molecular weight excluding hydrogens is 220 g/mol. The third kappa shape index (κ3) is 1.68. The van der Waals surface area contributed by atoms with Crippen LogP contribution in [0.5, 0.6) is 0 Å². The monoisotopic (exact) mass is 238 g/mol. The van der Waals surface area contributed by atoms with Gasteiger partial charge >= 0.3 is 0 Å². The molecule has 1 fully saturated rings. The highest BCUT2D eigenvalue weighted by atomic mass is 14.4. The lowest BCUT2D eigenvalue weighted by atomic mass is 9.62. The number of nitrogens with zero attached hydrogens (tertiary/aromatic N) is 2. The van der Waals surface area contributed by atoms with Crippen LogP contribution in [0.2, 0.25) is 0 Å². The Labute approximate surface area is 109 Å². The third-order valence-electron chi connectivity index (χ3n) is 4.92. The van der Waals surface area contributed by atoms with Gasteiger partial charge in [0.25, 0.3) is 0 Å². The van der Waals surface area contributed by atoms with E-state index in [2.05, 4.69) is 12.1 Å². The zero-order valence-corrected chi connectivity index (χ0v) is 10.7. The summed E-state index contributed by atoms with van der Waals surface area (Å²) < 4.78 is 0. The molecule has 18 heavy (non-hydrogen) atoms. The van der Waals surface area contributed by atoms with Gasteiger partial charge in [-0.1, -0.05) is 17.6 Å². The van der Waals surface area contributed by atoms with Gasteiger partial charge in [0.1, 0.15) is 17.7 Å². The fourth-order valence-electron chi connectivity index (χ4n) is 4.21. The molecular formula is C16H18N2. The normalized spacial score (nSPS) is 30.2. The van der Waals surface area contributed by atoms with Crippen molar-refractivity contribution in [3.8, 4) is 12.1 Å². The summed E-state index contributed by atoms with van der Waals surface area (Å²) in [5.74, 6) is 0.942. The van der Waals surface area contributed by atoms with Gasteiger partial charge in [-0.2, -0.15) is 10.5 Å². The van der Waals surface area contributed by atoms with Crippen LogP contribution in [0.4, 0.5) is 0 Å². The molecule has 3 rings (SSSR count). The molecule has 2 bridgehead atoms. The van der Waals surface area contributed by atoms with E-state index in [0.717, 1.165) is 12.8 Å². The molecule has 3 aliphatic rings. The van der Waals surface area contributed by atoms with E-state index in [1.54, 1.807) is 11.1 Å². The zero-order valence-electron chi connectivity index (χ0n) is 10.7. The van der Waals surface area contributed by atoms with Crippen LogP contribution in [-0.4, -0.2) is 0 Å². The molecule has 0 amide bonds. The van der Waals surface area contributed by atoms with Gasteiger partial charge in [-0.3, -0.25) is 0 Å². The Morgan fingerprint density at radius 3 is 2.56 bits per heavy atom. The average Bonchev–Trinajstić information content (AvgIpc) is 2.40. The first-order valence-electron chi connectivity index (χ1n) is 7.10. The fraction of sp³-hybridized carbons (Fsp3) is 0.625. The van der Waals surface area contributed by atoms with Gasteiger partial charge < -0.3 is 0 Å². The van der Waals surface area contributed by atoms with Gasteiger partial charge in [0.05, 0.1) is 0 Å². The zero-order chi connectivity index (χ0) is 12.5. The Balaban J connectivity index is 2.10. The van der Waals surface area contributed by atoms with Gasteiger partial charge in [-0.25, -0.2) is 0 Å². The van der Waals surface area contributed by atoms with Crippen LogP contribution in [0.25, 0.3) is 0 Å². The third-order valence-corrected chi connectivity index (χ3v) is 4.92. The van der Waals surface area contributed by atoms with Crippen molar-refractivity contribution in [1.82, 2.24) is 0 Å². The van der Waals surface area contributed by atoms with E-state index in [9.17, 15) is 10.5 Å². The number of allylic oxidation sites excluding steroid dienone is 4. The molecule has 0 aromatic carbocycles. The van der Waals surface area contributed by atoms with Crippen molar-refractivity contribution < 1.29 is 0 Å². The smallest absolute Gasteiger partial charge is 0.129 e. The summed E-state index contributed by atoms with van der Waals surface area (Å²) >= 11 is 0. The van der Waals surface area contributed by atoms with E-state index in [4.69, 9.17) is 0 Å². The highest BCUT2D eigenvalue weighted by Crippen LogP contribution is 2.51. The SMILES string of the molecule is N#CC(C#N)=C1C2CCCC1C1=C(CCCC1)C2. The molecule has 0 radical (unpaired) electrons. The van der Waals surface area contributed by atoms with Crippen LogP contribution in [0.15, 0.2) is 22.3 Å². The topological polar surface area (TPSA) is 47.6 Å². The Morgan fingerprint density at radius 1 is 1.00 bits per heavy atom. The number of nitriles is 2. The van der Waals surface area contributed by atoms with Crippen LogP contribution in [-0.2, 0) is 0 Å². The van der Waals surface area contributed by atoms with Crippen LogP contribution in [0, 0.1) is 34.5 Å². The molecule has 0 aromatic heterocycles. The molecule has 0 saturated heterocycles. The van der Waals surface area contributed by atoms with Gasteiger partial charge in [-0.05, 0) is 56.4 Å². The predicted molar refractivity (Wildman–Crippen MR) is 69.2 cm³/mol. The molecule has 2 heteroatoms. The highest BCUT2D eigenvalue weighted by molar-refractivity contribution is 5.48. The Morgan fingerprint density at radius 2 is 1.78 bits per heavy atom. The number of rotatable bonds is 0. The minimum Gasteiger partial charge on any atom is -0.192 e. The molecule has 2 atom stereocenters. The van der Waals surface area contributed by atoms with Gasteiger partial charge in [0, 0.05) is 5.92 Å². The van der Waals surface area contributed by atoms with E-state index < -0.39 is 0 Å². The lowest BCUT2D eigenvalue weighted by Gasteiger charge is -2.42. The summed E-state index contributed by atoms with van der Waals surface area (Å²) in [6.45, 7) is 0. The van der Waals surface area contributed by atoms with Crippen molar-refractivity contribution >= 4 is 0 Å². The first-order valence-corrected chi connectivity index (χ1v) is 7.10. The lowest BCUT2D eigenvalue weighted by molar-refractivity contribution is 0.344. The summed E-state index contributed by atoms with van der Waals surface area (Å²) in [5.41, 5.74) is 4.90. The second-order valence-corrected chi connectivity index (χ2v) is 5.77. The molecule has 1 saturated carbocycles. The molecule has 0 spiro atoms. The molecule has 2 unspecified atom stereocenters. The van der Waals surface area contributed by atoms with Gasteiger partial charge in [0.2, 0.25) is 0 Å². The molecule has 2 nitrogen and oxygen atoms in total. The van der Waals surface area contributed by atoms with E-state index >= 15 is 0 Å². The first kappa shape index (κ1) is 11.5. The van der Waals surface area contributed by atoms with Crippen molar-refractivity contribution in [3.63, 3.8) is 0 Å². The predicted octanol–water partition coefficient (Wildman–Crippen LogP) is 4.02. The fourth-order valence-corrected chi connectivity index (χ4v) is 4.21. The maximum Gasteiger partial charge on any atom is 0.129 e. The van der Waals surface area contributed by atoms with Crippen LogP contribution >= 0.6 is 0 Å². The standard InChI is InChI=1S/C16H18N2/c17-9-13(10-18)16-12-5-3-7-15(16)14-6-2-1-4-11(14)8-12/h12,15H,1-8H2. The van der Waals surface area contributed by atoms with E-state index in [-0.39, 0.29) is 0 Å². The minimum absolute atomic E-state index is 0.418. The van der Waals surface area contributed by atoms with Crippen molar-refractivity contribution in [2.75, 3.05) is 0 Å². The van der Waals surface area contributed by atoms with Gasteiger partial charge in [0.15, 0.2) is 0 Å². The van der Waals surface area contributed by atoms with Crippen LogP contribution in [0.3, 0.4) is 0 Å². The van der Waals surface area contributed by atoms with E-state index in [0.29, 0.717) is 17.4 Å². The lowest BCUT2D eigenvalue weighted by Crippen LogP contribution is -2.29. The van der Waals surface area contributed by atoms with Crippen LogP contribution in [0.1, 0.15) is 51.4 Å². The molecule has 0 heterocycles. The summed E-state index contributed by atoms with van der Waals surface area (Å²) in [4.78, 5) is 0. The van der Waals surface area contributed by atoms with Crippen molar-refractivity contribution in [1.29, 1.82) is 10.5 Å². The minimum atomic E-state index is 0.418. The summed E-state index contributed by atoms with van der Waals surface area (Å²) in [6.07, 6.45) is 9.84. The molecule has 0 aliphatic heterocycles. The first-order chi connectivity index (χ1) is 8.85. The number of hydrogen-bond donors (Lipinski definition) is 0. The van der Waals surface area contributed by atoms with Gasteiger partial charge in [-0.15, -0.1) is 0 Å². The maximum absolute atomic E-state index is 9.18. The summed E-state index contributed by atoms with van der Waals surface area (Å²) in [5, 5.41) is 18.4. The second kappa shape index (κ2) is 4.62. The van der Waals surface area contributed by atoms with Crippen molar-refractivity contribution in [2.24, 2.45) is 11.8 Å². The summed E-state index contributed by atoms with van der Waals surface area (Å²) in [7, 11) is 0. The average molecular weight is 238 g/mol. The largest absolute Gasteiger partial charge is 0.192 e. The molecule has 92 valence electrons. The molecule has 0 aromatic rings. The van der Waals surface area contributed by atoms with E-state index in [1.165, 1.54) is 44.1 Å². The van der Waals surface area contributed by atoms with Crippen molar-refractivity contribution in [2.45, 2.75) is 51.4 Å². The highest BCUT2D eigenvalue weighted by Gasteiger charge is 2.38. The van der Waals surface area contributed by atoms with E-state index in [1.807, 2.05) is 0 Å².